The van der Waals surface area contributed by atoms with Gasteiger partial charge in [-0.05, 0) is 18.9 Å². The monoisotopic (exact) mass is 548 g/mol. The van der Waals surface area contributed by atoms with Crippen LogP contribution in [0.5, 0.6) is 0 Å². The first-order valence-corrected chi connectivity index (χ1v) is 12.4. The number of allylic oxidation sites excluding steroid dienone is 1. The molecule has 0 amide bonds. The molecule has 12 nitrogen and oxygen atoms in total. The summed E-state index contributed by atoms with van der Waals surface area (Å²) in [6, 6.07) is 5.67. The van der Waals surface area contributed by atoms with Crippen LogP contribution >= 0.6 is 0 Å². The lowest BCUT2D eigenvalue weighted by molar-refractivity contribution is -0.384. The number of nitro benzene ring substituents is 1. The van der Waals surface area contributed by atoms with E-state index < -0.39 is 29.1 Å². The molecule has 1 N–H and O–H groups in total. The maximum Gasteiger partial charge on any atom is 0.337 e. The highest BCUT2D eigenvalue weighted by Crippen LogP contribution is 2.41. The molecule has 1 aromatic rings. The number of carbonyl (C=O) groups excluding carboxylic acids is 2. The van der Waals surface area contributed by atoms with Gasteiger partial charge in [0.25, 0.3) is 5.69 Å². The molecule has 1 aliphatic heterocycles. The molecule has 0 saturated heterocycles. The molecule has 0 fully saturated rings. The van der Waals surface area contributed by atoms with Gasteiger partial charge in [0.15, 0.2) is 6.29 Å². The fraction of sp³-hybridized carbons (Fsp3) is 0.481. The largest absolute Gasteiger partial charge is 0.460 e. The molecule has 0 radical (unpaired) electrons. The minimum Gasteiger partial charge on any atom is -0.460 e. The number of nitrogens with one attached hydrogen (secondary N) is 1. The number of esters is 2. The van der Waals surface area contributed by atoms with Crippen LogP contribution in [-0.2, 0) is 38.0 Å². The fourth-order valence-electron chi connectivity index (χ4n) is 3.98. The van der Waals surface area contributed by atoms with Gasteiger partial charge >= 0.3 is 11.9 Å². The van der Waals surface area contributed by atoms with Gasteiger partial charge in [-0.25, -0.2) is 9.59 Å². The summed E-state index contributed by atoms with van der Waals surface area (Å²) >= 11 is 0. The van der Waals surface area contributed by atoms with E-state index in [9.17, 15) is 19.7 Å². The summed E-state index contributed by atoms with van der Waals surface area (Å²) in [5.74, 6) is -2.61. The normalized spacial score (nSPS) is 15.3. The van der Waals surface area contributed by atoms with Crippen LogP contribution in [0.4, 0.5) is 5.69 Å². The van der Waals surface area contributed by atoms with E-state index in [0.717, 1.165) is 6.42 Å². The van der Waals surface area contributed by atoms with Crippen LogP contribution in [0.25, 0.3) is 0 Å². The SMILES string of the molecule is C=CCOCCOC(=O)C1=C(C)NC(C(OC)OC)=C(C(=O)OCCOCCC)C1c1cccc([N+](=O)[O-])c1. The van der Waals surface area contributed by atoms with Gasteiger partial charge in [-0.15, -0.1) is 6.58 Å². The summed E-state index contributed by atoms with van der Waals surface area (Å²) in [6.07, 6.45) is 1.33. The molecule has 1 atom stereocenters. The first-order chi connectivity index (χ1) is 18.8. The van der Waals surface area contributed by atoms with Gasteiger partial charge in [-0.2, -0.15) is 0 Å². The van der Waals surface area contributed by atoms with Crippen LogP contribution in [0.3, 0.4) is 0 Å². The Kier molecular flexibility index (Phi) is 13.3. The van der Waals surface area contributed by atoms with Gasteiger partial charge < -0.3 is 33.7 Å². The first kappa shape index (κ1) is 31.6. The number of methoxy groups -OCH3 is 2. The van der Waals surface area contributed by atoms with Crippen molar-refractivity contribution >= 4 is 17.6 Å². The van der Waals surface area contributed by atoms with Crippen molar-refractivity contribution in [3.63, 3.8) is 0 Å². The maximum absolute atomic E-state index is 13.6. The molecular formula is C27H36N2O10. The molecule has 0 aliphatic carbocycles. The lowest BCUT2D eigenvalue weighted by Crippen LogP contribution is -2.39. The molecule has 1 unspecified atom stereocenters. The minimum absolute atomic E-state index is 0.0138. The van der Waals surface area contributed by atoms with E-state index in [1.807, 2.05) is 6.92 Å². The zero-order chi connectivity index (χ0) is 28.8. The number of hydrogen-bond donors (Lipinski definition) is 1. The third kappa shape index (κ3) is 8.72. The van der Waals surface area contributed by atoms with E-state index in [0.29, 0.717) is 17.9 Å². The van der Waals surface area contributed by atoms with Gasteiger partial charge in [0, 0.05) is 38.7 Å². The van der Waals surface area contributed by atoms with Crippen molar-refractivity contribution in [3.8, 4) is 0 Å². The average Bonchev–Trinajstić information content (AvgIpc) is 2.93. The van der Waals surface area contributed by atoms with Gasteiger partial charge in [-0.3, -0.25) is 10.1 Å². The van der Waals surface area contributed by atoms with Crippen LogP contribution in [0.2, 0.25) is 0 Å². The van der Waals surface area contributed by atoms with Crippen molar-refractivity contribution in [2.75, 3.05) is 53.9 Å². The van der Waals surface area contributed by atoms with Crippen molar-refractivity contribution in [1.29, 1.82) is 0 Å². The number of dihydropyridines is 1. The van der Waals surface area contributed by atoms with E-state index in [2.05, 4.69) is 11.9 Å². The molecule has 0 aromatic heterocycles. The summed E-state index contributed by atoms with van der Waals surface area (Å²) in [6.45, 7) is 8.12. The predicted octanol–water partition coefficient (Wildman–Crippen LogP) is 3.14. The number of nitrogens with zero attached hydrogens (tertiary/aromatic N) is 1. The number of carbonyl (C=O) groups is 2. The number of nitro groups is 1. The number of rotatable bonds is 17. The van der Waals surface area contributed by atoms with Crippen LogP contribution in [0, 0.1) is 10.1 Å². The van der Waals surface area contributed by atoms with Crippen molar-refractivity contribution in [3.05, 3.63) is 75.1 Å². The number of hydrogen-bond acceptors (Lipinski definition) is 11. The van der Waals surface area contributed by atoms with Crippen molar-refractivity contribution in [2.24, 2.45) is 0 Å². The number of non-ortho nitro benzene ring substituents is 1. The Bertz CT molecular complexity index is 1080. The Morgan fingerprint density at radius 3 is 2.28 bits per heavy atom. The fourth-order valence-corrected chi connectivity index (χ4v) is 3.98. The molecule has 0 saturated carbocycles. The topological polar surface area (TPSA) is 145 Å². The number of ether oxygens (including phenoxy) is 6. The Labute approximate surface area is 227 Å². The van der Waals surface area contributed by atoms with Gasteiger partial charge in [0.1, 0.15) is 13.2 Å². The van der Waals surface area contributed by atoms with Gasteiger partial charge in [0.2, 0.25) is 0 Å². The third-order valence-electron chi connectivity index (χ3n) is 5.62. The van der Waals surface area contributed by atoms with E-state index in [1.54, 1.807) is 19.1 Å². The smallest absolute Gasteiger partial charge is 0.337 e. The minimum atomic E-state index is -1.10. The molecule has 0 spiro atoms. The highest BCUT2D eigenvalue weighted by atomic mass is 16.7. The quantitative estimate of drug-likeness (QED) is 0.0765. The van der Waals surface area contributed by atoms with E-state index in [1.165, 1.54) is 32.4 Å². The Hall–Kier alpha value is -3.58. The lowest BCUT2D eigenvalue weighted by atomic mass is 9.80. The van der Waals surface area contributed by atoms with Crippen LogP contribution in [-0.4, -0.2) is 77.0 Å². The van der Waals surface area contributed by atoms with E-state index in [-0.39, 0.29) is 55.6 Å². The van der Waals surface area contributed by atoms with Crippen LogP contribution < -0.4 is 5.32 Å². The zero-order valence-electron chi connectivity index (χ0n) is 22.7. The summed E-state index contributed by atoms with van der Waals surface area (Å²) in [5.41, 5.74) is 0.687. The lowest BCUT2D eigenvalue weighted by Gasteiger charge is -2.33. The second kappa shape index (κ2) is 16.4. The highest BCUT2D eigenvalue weighted by Gasteiger charge is 2.41. The van der Waals surface area contributed by atoms with E-state index >= 15 is 0 Å². The molecular weight excluding hydrogens is 512 g/mol. The third-order valence-corrected chi connectivity index (χ3v) is 5.62. The molecule has 1 heterocycles. The predicted molar refractivity (Wildman–Crippen MR) is 141 cm³/mol. The zero-order valence-corrected chi connectivity index (χ0v) is 22.7. The van der Waals surface area contributed by atoms with Crippen LogP contribution in [0.1, 0.15) is 31.7 Å². The van der Waals surface area contributed by atoms with Crippen LogP contribution in [0.15, 0.2) is 59.5 Å². The second-order valence-corrected chi connectivity index (χ2v) is 8.33. The van der Waals surface area contributed by atoms with Crippen molar-refractivity contribution < 1.29 is 42.9 Å². The molecule has 12 heteroatoms. The molecule has 0 bridgehead atoms. The molecule has 214 valence electrons. The summed E-state index contributed by atoms with van der Waals surface area (Å²) < 4.78 is 32.5. The van der Waals surface area contributed by atoms with Gasteiger partial charge in [0.05, 0.1) is 47.5 Å². The molecule has 1 aromatic carbocycles. The maximum atomic E-state index is 13.6. The standard InChI is InChI=1S/C27H36N2O10/c1-6-11-36-13-15-38-25(30)21-18(3)28-24(27(34-4)35-5)23(26(31)39-16-14-37-12-7-2)22(21)19-9-8-10-20(17-19)29(32)33/h6,8-10,17,22,27-28H,1,7,11-16H2,2-5H3. The molecule has 1 aliphatic rings. The molecule has 39 heavy (non-hydrogen) atoms. The Morgan fingerprint density at radius 2 is 1.69 bits per heavy atom. The van der Waals surface area contributed by atoms with E-state index in [4.69, 9.17) is 28.4 Å². The van der Waals surface area contributed by atoms with Crippen molar-refractivity contribution in [1.82, 2.24) is 5.32 Å². The highest BCUT2D eigenvalue weighted by molar-refractivity contribution is 6.00. The Morgan fingerprint density at radius 1 is 1.05 bits per heavy atom. The van der Waals surface area contributed by atoms with Crippen molar-refractivity contribution in [2.45, 2.75) is 32.5 Å². The second-order valence-electron chi connectivity index (χ2n) is 8.33. The summed E-state index contributed by atoms with van der Waals surface area (Å²) in [4.78, 5) is 37.9. The number of benzene rings is 1. The summed E-state index contributed by atoms with van der Waals surface area (Å²) in [5, 5.41) is 14.6. The Balaban J connectivity index is 2.59. The van der Waals surface area contributed by atoms with Gasteiger partial charge in [-0.1, -0.05) is 25.1 Å². The average molecular weight is 549 g/mol. The summed E-state index contributed by atoms with van der Waals surface area (Å²) in [7, 11) is 2.78. The molecule has 2 rings (SSSR count). The first-order valence-electron chi connectivity index (χ1n) is 12.4.